The van der Waals surface area contributed by atoms with Crippen LogP contribution < -0.4 is 5.32 Å². The number of amides is 1. The number of ether oxygens (including phenoxy) is 1. The van der Waals surface area contributed by atoms with Gasteiger partial charge < -0.3 is 10.1 Å². The van der Waals surface area contributed by atoms with Gasteiger partial charge in [0.15, 0.2) is 5.78 Å². The molecule has 5 aliphatic rings. The van der Waals surface area contributed by atoms with Crippen molar-refractivity contribution in [2.24, 2.45) is 62.1 Å². The Labute approximate surface area is 254 Å². The third-order valence-electron chi connectivity index (χ3n) is 14.2. The number of halogens is 3. The maximum atomic E-state index is 14.7. The highest BCUT2D eigenvalue weighted by Crippen LogP contribution is 2.76. The maximum Gasteiger partial charge on any atom is 0.405 e. The number of Topliss-reactive ketones (excluding diaryl/α,β-unsaturated/α-hetero) is 2. The van der Waals surface area contributed by atoms with E-state index >= 15 is 0 Å². The van der Waals surface area contributed by atoms with E-state index in [0.717, 1.165) is 12.8 Å². The van der Waals surface area contributed by atoms with Crippen LogP contribution in [0.15, 0.2) is 0 Å². The molecule has 240 valence electrons. The molecule has 0 radical (unpaired) electrons. The molecule has 5 rings (SSSR count). The number of nitrogens with zero attached hydrogens (tertiary/aromatic N) is 1. The Morgan fingerprint density at radius 3 is 2.19 bits per heavy atom. The highest BCUT2D eigenvalue weighted by atomic mass is 19.4. The first kappa shape index (κ1) is 32.4. The quantitative estimate of drug-likeness (QED) is 0.387. The fourth-order valence-corrected chi connectivity index (χ4v) is 11.9. The number of rotatable bonds is 3. The molecule has 1 N–H and O–H groups in total. The average Bonchev–Trinajstić information content (AvgIpc) is 2.89. The van der Waals surface area contributed by atoms with Crippen molar-refractivity contribution in [1.29, 1.82) is 5.26 Å². The first-order valence-electron chi connectivity index (χ1n) is 16.0. The number of nitriles is 1. The summed E-state index contributed by atoms with van der Waals surface area (Å²) < 4.78 is 45.6. The summed E-state index contributed by atoms with van der Waals surface area (Å²) in [6.45, 7) is 13.3. The lowest BCUT2D eigenvalue weighted by molar-refractivity contribution is -0.257. The highest BCUT2D eigenvalue weighted by Gasteiger charge is 2.75. The van der Waals surface area contributed by atoms with Crippen LogP contribution in [-0.4, -0.2) is 43.4 Å². The molecule has 0 aliphatic heterocycles. The Morgan fingerprint density at radius 1 is 0.977 bits per heavy atom. The van der Waals surface area contributed by atoms with Crippen LogP contribution in [0.1, 0.15) is 99.8 Å². The fourth-order valence-electron chi connectivity index (χ4n) is 11.9. The van der Waals surface area contributed by atoms with Gasteiger partial charge >= 0.3 is 6.18 Å². The van der Waals surface area contributed by atoms with Crippen molar-refractivity contribution in [3.63, 3.8) is 0 Å². The van der Waals surface area contributed by atoms with Crippen molar-refractivity contribution in [3.05, 3.63) is 0 Å². The van der Waals surface area contributed by atoms with Gasteiger partial charge in [0.2, 0.25) is 5.91 Å². The van der Waals surface area contributed by atoms with Gasteiger partial charge in [-0.2, -0.15) is 18.4 Å². The van der Waals surface area contributed by atoms with Crippen LogP contribution in [-0.2, 0) is 19.1 Å². The lowest BCUT2D eigenvalue weighted by atomic mass is 9.30. The summed E-state index contributed by atoms with van der Waals surface area (Å²) in [7, 11) is 1.56. The molecule has 0 aromatic rings. The molecule has 43 heavy (non-hydrogen) atoms. The molecular weight excluding hydrogens is 557 g/mol. The molecule has 0 aromatic heterocycles. The third-order valence-corrected chi connectivity index (χ3v) is 14.2. The second-order valence-electron chi connectivity index (χ2n) is 16.8. The van der Waals surface area contributed by atoms with Gasteiger partial charge in [-0.05, 0) is 78.9 Å². The minimum atomic E-state index is -4.51. The number of hydrogen-bond acceptors (Lipinski definition) is 5. The molecule has 0 heterocycles. The molecule has 10 atom stereocenters. The monoisotopic (exact) mass is 606 g/mol. The van der Waals surface area contributed by atoms with E-state index in [4.69, 9.17) is 4.74 Å². The number of carbonyl (C=O) groups is 3. The Kier molecular flexibility index (Phi) is 7.37. The summed E-state index contributed by atoms with van der Waals surface area (Å²) in [6, 6.07) is 2.26. The Bertz CT molecular complexity index is 1250. The Hall–Kier alpha value is -1.95. The van der Waals surface area contributed by atoms with Crippen LogP contribution in [0.25, 0.3) is 0 Å². The van der Waals surface area contributed by atoms with E-state index in [1.165, 1.54) is 0 Å². The van der Waals surface area contributed by atoms with Gasteiger partial charge in [0.25, 0.3) is 0 Å². The van der Waals surface area contributed by atoms with Crippen molar-refractivity contribution >= 4 is 17.5 Å². The zero-order valence-electron chi connectivity index (χ0n) is 27.0. The fraction of sp³-hybridized carbons (Fsp3) is 0.882. The summed E-state index contributed by atoms with van der Waals surface area (Å²) >= 11 is 0. The molecular formula is C34H49F3N2O4. The normalized spacial score (nSPS) is 46.8. The van der Waals surface area contributed by atoms with Crippen molar-refractivity contribution in [2.75, 3.05) is 13.7 Å². The van der Waals surface area contributed by atoms with E-state index in [2.05, 4.69) is 46.0 Å². The maximum absolute atomic E-state index is 14.7. The van der Waals surface area contributed by atoms with Gasteiger partial charge in [-0.3, -0.25) is 14.4 Å². The van der Waals surface area contributed by atoms with Gasteiger partial charge in [-0.25, -0.2) is 0 Å². The summed E-state index contributed by atoms with van der Waals surface area (Å²) in [5.74, 6) is -2.55. The molecule has 6 nitrogen and oxygen atoms in total. The van der Waals surface area contributed by atoms with Crippen LogP contribution in [0.5, 0.6) is 0 Å². The molecule has 5 aliphatic carbocycles. The smallest absolute Gasteiger partial charge is 0.379 e. The minimum Gasteiger partial charge on any atom is -0.379 e. The van der Waals surface area contributed by atoms with Crippen LogP contribution in [0.2, 0.25) is 0 Å². The molecule has 0 spiro atoms. The van der Waals surface area contributed by atoms with Crippen LogP contribution >= 0.6 is 0 Å². The Morgan fingerprint density at radius 2 is 1.60 bits per heavy atom. The Balaban J connectivity index is 1.61. The van der Waals surface area contributed by atoms with Crippen LogP contribution in [0, 0.1) is 73.4 Å². The van der Waals surface area contributed by atoms with E-state index in [1.54, 1.807) is 7.11 Å². The lowest BCUT2D eigenvalue weighted by Gasteiger charge is -2.73. The number of hydrogen-bond donors (Lipinski definition) is 1. The number of alkyl halides is 3. The second kappa shape index (κ2) is 9.77. The van der Waals surface area contributed by atoms with Crippen molar-refractivity contribution in [2.45, 2.75) is 112 Å². The highest BCUT2D eigenvalue weighted by molar-refractivity contribution is 5.91. The number of methoxy groups -OCH3 is 1. The molecule has 5 saturated carbocycles. The van der Waals surface area contributed by atoms with Gasteiger partial charge in [0, 0.05) is 30.3 Å². The average molecular weight is 607 g/mol. The van der Waals surface area contributed by atoms with Crippen molar-refractivity contribution in [3.8, 4) is 6.07 Å². The molecule has 9 heteroatoms. The first-order valence-corrected chi connectivity index (χ1v) is 16.0. The molecule has 0 aromatic carbocycles. The predicted octanol–water partition coefficient (Wildman–Crippen LogP) is 6.67. The van der Waals surface area contributed by atoms with Crippen molar-refractivity contribution < 1.29 is 32.3 Å². The van der Waals surface area contributed by atoms with E-state index in [0.29, 0.717) is 32.1 Å². The van der Waals surface area contributed by atoms with E-state index in [-0.39, 0.29) is 46.6 Å². The zero-order valence-corrected chi connectivity index (χ0v) is 27.0. The number of ketones is 2. The minimum absolute atomic E-state index is 0.0697. The number of carbonyl (C=O) groups excluding carboxylic acids is 3. The molecule has 0 bridgehead atoms. The summed E-state index contributed by atoms with van der Waals surface area (Å²) in [5, 5.41) is 12.4. The standard InChI is InChI=1S/C34H49F3N2O4/c1-28(2)11-13-33(27(42)39-18-34(35,36)37)14-12-31(6)24(20(33)16-28)21(40)15-23-30(31,5)10-9-22-29(3,4)25(41)19(17-38)26(43-8)32(22,23)7/h19-20,22-24,26H,9-16,18H2,1-8H3,(H,39,42). The third kappa shape index (κ3) is 4.31. The molecule has 1 amide bonds. The van der Waals surface area contributed by atoms with Gasteiger partial charge in [0.1, 0.15) is 18.2 Å². The van der Waals surface area contributed by atoms with E-state index < -0.39 is 58.2 Å². The second-order valence-corrected chi connectivity index (χ2v) is 16.8. The van der Waals surface area contributed by atoms with Gasteiger partial charge in [0.05, 0.1) is 17.6 Å². The van der Waals surface area contributed by atoms with Crippen LogP contribution in [0.3, 0.4) is 0 Å². The van der Waals surface area contributed by atoms with Crippen molar-refractivity contribution in [1.82, 2.24) is 5.32 Å². The van der Waals surface area contributed by atoms with E-state index in [9.17, 15) is 32.8 Å². The summed E-state index contributed by atoms with van der Waals surface area (Å²) in [6.07, 6.45) is -0.549. The topological polar surface area (TPSA) is 96.3 Å². The molecule has 10 unspecified atom stereocenters. The predicted molar refractivity (Wildman–Crippen MR) is 154 cm³/mol. The summed E-state index contributed by atoms with van der Waals surface area (Å²) in [4.78, 5) is 42.0. The largest absolute Gasteiger partial charge is 0.405 e. The van der Waals surface area contributed by atoms with Gasteiger partial charge in [-0.15, -0.1) is 0 Å². The van der Waals surface area contributed by atoms with Crippen LogP contribution in [0.4, 0.5) is 13.2 Å². The first-order chi connectivity index (χ1) is 19.7. The number of fused-ring (bicyclic) bond motifs is 7. The molecule has 5 fully saturated rings. The molecule has 0 saturated heterocycles. The summed E-state index contributed by atoms with van der Waals surface area (Å²) in [5.41, 5.74) is -3.39. The lowest BCUT2D eigenvalue weighted by Crippen LogP contribution is -2.73. The van der Waals surface area contributed by atoms with Gasteiger partial charge in [-0.1, -0.05) is 48.5 Å². The number of nitrogens with one attached hydrogen (secondary N) is 1. The van der Waals surface area contributed by atoms with E-state index in [1.807, 2.05) is 13.8 Å². The zero-order chi connectivity index (χ0) is 32.2. The SMILES string of the molecule is COC1C(C#N)C(=O)C(C)(C)C2CCC3(C)C(CC(=O)C4C5CC(C)(C)CCC5(C(=O)NCC(F)(F)F)CCC43C)C12C.